The average molecular weight is 1070 g/mol. The summed E-state index contributed by atoms with van der Waals surface area (Å²) < 4.78 is 31.3. The van der Waals surface area contributed by atoms with E-state index >= 15 is 0 Å². The van der Waals surface area contributed by atoms with Crippen LogP contribution in [0, 0.1) is 36.5 Å². The topological polar surface area (TPSA) is 250 Å². The molecule has 0 bridgehead atoms. The van der Waals surface area contributed by atoms with E-state index in [1.165, 1.54) is 12.4 Å². The van der Waals surface area contributed by atoms with Gasteiger partial charge in [-0.15, -0.1) is 0 Å². The van der Waals surface area contributed by atoms with Gasteiger partial charge in [0, 0.05) is 98.6 Å². The molecule has 6 aromatic rings. The number of aliphatic hydroxyl groups excluding tert-OH is 2. The zero-order valence-electron chi connectivity index (χ0n) is 42.0. The monoisotopic (exact) mass is 1070 g/mol. The van der Waals surface area contributed by atoms with Gasteiger partial charge >= 0.3 is 11.9 Å². The first kappa shape index (κ1) is 56.4. The standard InChI is InChI=1S/C57H58Cl2N6O11/c1-35-41(33-75-54-20-52(73-31-39-16-37(22-60)24-62-26-39)43(18-48(54)58)28-64-50(11-13-66)56(68)69)6-3-9-46(35)47-10-4-7-42(36(47)2)34-76-55-21-53(74-32-40-17-38(23-61)25-63-27-40)44(19-49(55)59)29-65(30-45-8-5-15-72-45)51(12-14-67)57(70)71/h3-4,6-7,9-10,16-21,24-27,45,50-51,64,66-67H,5,8,11-15,28-34H2,1-2H3,(H,68,69)(H,70,71). The summed E-state index contributed by atoms with van der Waals surface area (Å²) in [4.78, 5) is 34.5. The van der Waals surface area contributed by atoms with Crippen molar-refractivity contribution in [2.45, 2.75) is 97.2 Å². The summed E-state index contributed by atoms with van der Waals surface area (Å²) in [5.74, 6) is -0.790. The molecule has 76 heavy (non-hydrogen) atoms. The second-order valence-corrected chi connectivity index (χ2v) is 19.0. The number of aliphatic carboxylic acids is 2. The van der Waals surface area contributed by atoms with Crippen LogP contribution in [0.25, 0.3) is 11.1 Å². The van der Waals surface area contributed by atoms with Crippen molar-refractivity contribution in [1.82, 2.24) is 20.2 Å². The van der Waals surface area contributed by atoms with Crippen molar-refractivity contribution in [1.29, 1.82) is 10.5 Å². The molecular formula is C57H58Cl2N6O11. The van der Waals surface area contributed by atoms with E-state index in [1.54, 1.807) is 53.7 Å². The SMILES string of the molecule is Cc1c(COc2cc(OCc3cncc(C#N)c3)c(CNC(CCO)C(=O)O)cc2Cl)cccc1-c1cccc(COc2cc(OCc3cncc(C#N)c3)c(CN(CC3CCCO3)C(CCO)C(=O)O)cc2Cl)c1C. The van der Waals surface area contributed by atoms with Crippen LogP contribution in [0.1, 0.15) is 81.3 Å². The summed E-state index contributed by atoms with van der Waals surface area (Å²) in [7, 11) is 0. The molecule has 0 spiro atoms. The van der Waals surface area contributed by atoms with Gasteiger partial charge in [0.2, 0.25) is 0 Å². The Kier molecular flexibility index (Phi) is 20.4. The lowest BCUT2D eigenvalue weighted by Crippen LogP contribution is -2.45. The van der Waals surface area contributed by atoms with Crippen LogP contribution >= 0.6 is 23.2 Å². The fraction of sp³-hybridized carbons (Fsp3) is 0.333. The van der Waals surface area contributed by atoms with Gasteiger partial charge in [-0.25, -0.2) is 0 Å². The fourth-order valence-corrected chi connectivity index (χ4v) is 9.37. The number of rotatable bonds is 27. The van der Waals surface area contributed by atoms with Crippen LogP contribution in [0.5, 0.6) is 23.0 Å². The molecule has 3 unspecified atom stereocenters. The maximum atomic E-state index is 12.6. The van der Waals surface area contributed by atoms with Crippen LogP contribution < -0.4 is 24.3 Å². The van der Waals surface area contributed by atoms with Gasteiger partial charge in [0.1, 0.15) is 73.6 Å². The molecule has 1 fully saturated rings. The summed E-state index contributed by atoms with van der Waals surface area (Å²) in [5.41, 5.74) is 8.76. The molecule has 3 atom stereocenters. The summed E-state index contributed by atoms with van der Waals surface area (Å²) in [6.45, 7) is 4.80. The van der Waals surface area contributed by atoms with Gasteiger partial charge in [-0.1, -0.05) is 59.6 Å². The number of nitrogens with zero attached hydrogens (tertiary/aromatic N) is 5. The molecule has 7 rings (SSSR count). The van der Waals surface area contributed by atoms with Crippen LogP contribution in [0.15, 0.2) is 97.6 Å². The molecule has 3 heterocycles. The molecule has 1 aliphatic rings. The number of carbonyl (C=O) groups is 2. The van der Waals surface area contributed by atoms with Gasteiger partial charge < -0.3 is 49.4 Å². The number of carboxylic acids is 2. The Morgan fingerprint density at radius 1 is 0.711 bits per heavy atom. The van der Waals surface area contributed by atoms with Crippen molar-refractivity contribution in [3.8, 4) is 46.3 Å². The molecule has 17 nitrogen and oxygen atoms in total. The number of carboxylic acid groups (broad SMARTS) is 2. The molecule has 0 radical (unpaired) electrons. The van der Waals surface area contributed by atoms with E-state index in [0.29, 0.717) is 69.5 Å². The number of nitrogens with one attached hydrogen (secondary N) is 1. The average Bonchev–Trinajstić information content (AvgIpc) is 3.94. The highest BCUT2D eigenvalue weighted by molar-refractivity contribution is 6.32. The quantitative estimate of drug-likeness (QED) is 0.0323. The van der Waals surface area contributed by atoms with E-state index in [4.69, 9.17) is 46.9 Å². The van der Waals surface area contributed by atoms with Gasteiger partial charge in [0.05, 0.1) is 27.3 Å². The fourth-order valence-electron chi connectivity index (χ4n) is 8.89. The summed E-state index contributed by atoms with van der Waals surface area (Å²) in [6.07, 6.45) is 7.55. The van der Waals surface area contributed by atoms with Crippen LogP contribution in [0.3, 0.4) is 0 Å². The summed E-state index contributed by atoms with van der Waals surface area (Å²) >= 11 is 13.8. The van der Waals surface area contributed by atoms with Gasteiger partial charge in [0.15, 0.2) is 0 Å². The number of halogens is 2. The Morgan fingerprint density at radius 2 is 1.24 bits per heavy atom. The summed E-state index contributed by atoms with van der Waals surface area (Å²) in [6, 6.07) is 24.0. The van der Waals surface area contributed by atoms with Gasteiger partial charge in [-0.05, 0) is 97.2 Å². The Morgan fingerprint density at radius 3 is 1.72 bits per heavy atom. The van der Waals surface area contributed by atoms with E-state index in [0.717, 1.165) is 46.2 Å². The molecule has 0 amide bonds. The molecule has 2 aromatic heterocycles. The maximum absolute atomic E-state index is 12.6. The molecule has 1 aliphatic heterocycles. The Balaban J connectivity index is 1.11. The van der Waals surface area contributed by atoms with Crippen molar-refractivity contribution in [3.05, 3.63) is 163 Å². The molecule has 396 valence electrons. The zero-order valence-corrected chi connectivity index (χ0v) is 43.5. The highest BCUT2D eigenvalue weighted by atomic mass is 35.5. The minimum Gasteiger partial charge on any atom is -0.488 e. The van der Waals surface area contributed by atoms with E-state index in [2.05, 4.69) is 27.4 Å². The number of pyridine rings is 2. The van der Waals surface area contributed by atoms with E-state index < -0.39 is 24.0 Å². The van der Waals surface area contributed by atoms with Crippen molar-refractivity contribution < 1.29 is 53.7 Å². The van der Waals surface area contributed by atoms with Crippen molar-refractivity contribution in [2.24, 2.45) is 0 Å². The van der Waals surface area contributed by atoms with Gasteiger partial charge in [-0.2, -0.15) is 10.5 Å². The van der Waals surface area contributed by atoms with Crippen LogP contribution in [0.2, 0.25) is 10.0 Å². The number of nitriles is 2. The number of aromatic nitrogens is 2. The van der Waals surface area contributed by atoms with E-state index in [1.807, 2.05) is 50.2 Å². The molecule has 4 aromatic carbocycles. The Labute approximate surface area is 450 Å². The highest BCUT2D eigenvalue weighted by Crippen LogP contribution is 2.38. The lowest BCUT2D eigenvalue weighted by Gasteiger charge is -2.31. The van der Waals surface area contributed by atoms with Crippen LogP contribution in [-0.4, -0.2) is 91.8 Å². The first-order valence-corrected chi connectivity index (χ1v) is 25.3. The summed E-state index contributed by atoms with van der Waals surface area (Å²) in [5, 5.41) is 61.6. The number of ether oxygens (including phenoxy) is 5. The third-order valence-electron chi connectivity index (χ3n) is 13.0. The normalized spacial score (nSPS) is 13.9. The molecule has 0 aliphatic carbocycles. The third-order valence-corrected chi connectivity index (χ3v) is 13.6. The van der Waals surface area contributed by atoms with Crippen molar-refractivity contribution in [2.75, 3.05) is 26.4 Å². The lowest BCUT2D eigenvalue weighted by molar-refractivity contribution is -0.145. The maximum Gasteiger partial charge on any atom is 0.321 e. The first-order chi connectivity index (χ1) is 36.8. The van der Waals surface area contributed by atoms with E-state index in [-0.39, 0.29) is 81.7 Å². The molecule has 0 saturated carbocycles. The predicted octanol–water partition coefficient (Wildman–Crippen LogP) is 8.87. The number of benzene rings is 4. The number of aliphatic hydroxyl groups is 2. The predicted molar refractivity (Wildman–Crippen MR) is 282 cm³/mol. The number of hydrogen-bond donors (Lipinski definition) is 5. The zero-order chi connectivity index (χ0) is 54.1. The Bertz CT molecular complexity index is 3090. The second-order valence-electron chi connectivity index (χ2n) is 18.2. The molecule has 5 N–H and O–H groups in total. The second kappa shape index (κ2) is 27.5. The van der Waals surface area contributed by atoms with Crippen molar-refractivity contribution in [3.63, 3.8) is 0 Å². The van der Waals surface area contributed by atoms with Gasteiger partial charge in [-0.3, -0.25) is 24.5 Å². The third kappa shape index (κ3) is 15.0. The Hall–Kier alpha value is -7.32. The largest absolute Gasteiger partial charge is 0.488 e. The minimum absolute atomic E-state index is 0.00403. The van der Waals surface area contributed by atoms with Crippen molar-refractivity contribution >= 4 is 35.1 Å². The van der Waals surface area contributed by atoms with Gasteiger partial charge in [0.25, 0.3) is 0 Å². The minimum atomic E-state index is -1.11. The van der Waals surface area contributed by atoms with Crippen LogP contribution in [-0.2, 0) is 53.8 Å². The number of hydrogen-bond acceptors (Lipinski definition) is 15. The van der Waals surface area contributed by atoms with Crippen LogP contribution in [0.4, 0.5) is 0 Å². The molecular weight excluding hydrogens is 1020 g/mol. The highest BCUT2D eigenvalue weighted by Gasteiger charge is 2.31. The smallest absolute Gasteiger partial charge is 0.321 e. The molecule has 1 saturated heterocycles. The lowest BCUT2D eigenvalue weighted by atomic mass is 9.92. The first-order valence-electron chi connectivity index (χ1n) is 24.6. The molecule has 19 heteroatoms. The van der Waals surface area contributed by atoms with E-state index in [9.17, 15) is 40.5 Å².